The highest BCUT2D eigenvalue weighted by Gasteiger charge is 2.41. The quantitative estimate of drug-likeness (QED) is 0.399. The van der Waals surface area contributed by atoms with Crippen LogP contribution in [0.15, 0.2) is 29.3 Å². The molecule has 1 aliphatic rings. The summed E-state index contributed by atoms with van der Waals surface area (Å²) in [6.45, 7) is 9.63. The molecule has 0 radical (unpaired) electrons. The molecule has 1 saturated carbocycles. The monoisotopic (exact) mass is 351 g/mol. The maximum atomic E-state index is 5.96. The fourth-order valence-corrected chi connectivity index (χ4v) is 2.83. The molecule has 1 aromatic rings. The first-order chi connectivity index (χ1) is 11.6. The fraction of sp³-hybridized carbons (Fsp3) is 0.632. The van der Waals surface area contributed by atoms with Gasteiger partial charge in [0.15, 0.2) is 5.96 Å². The number of halogens is 1. The smallest absolute Gasteiger partial charge is 0.191 e. The highest BCUT2D eigenvalue weighted by atomic mass is 35.5. The highest BCUT2D eigenvalue weighted by molar-refractivity contribution is 6.30. The second kappa shape index (κ2) is 9.28. The van der Waals surface area contributed by atoms with E-state index in [0.29, 0.717) is 5.41 Å². The second-order valence-corrected chi connectivity index (χ2v) is 7.00. The third-order valence-electron chi connectivity index (χ3n) is 4.58. The maximum absolute atomic E-state index is 5.96. The lowest BCUT2D eigenvalue weighted by molar-refractivity contribution is 0.129. The Kier molecular flexibility index (Phi) is 7.38. The molecule has 5 heteroatoms. The van der Waals surface area contributed by atoms with E-state index < -0.39 is 0 Å². The van der Waals surface area contributed by atoms with Crippen LogP contribution in [0.3, 0.4) is 0 Å². The predicted molar refractivity (Wildman–Crippen MR) is 102 cm³/mol. The van der Waals surface area contributed by atoms with Gasteiger partial charge in [0.2, 0.25) is 0 Å². The minimum absolute atomic E-state index is 0.179. The molecular weight excluding hydrogens is 322 g/mol. The number of nitrogens with one attached hydrogen (secondary N) is 2. The van der Waals surface area contributed by atoms with Gasteiger partial charge in [-0.05, 0) is 63.1 Å². The number of guanidine groups is 1. The van der Waals surface area contributed by atoms with Gasteiger partial charge in [0.05, 0.1) is 6.04 Å². The second-order valence-electron chi connectivity index (χ2n) is 6.56. The van der Waals surface area contributed by atoms with E-state index in [1.807, 2.05) is 31.2 Å². The number of aliphatic imine (C=N–C) groups is 1. The Morgan fingerprint density at radius 2 is 2.00 bits per heavy atom. The fourth-order valence-electron chi connectivity index (χ4n) is 2.70. The van der Waals surface area contributed by atoms with Gasteiger partial charge in [-0.1, -0.05) is 23.7 Å². The minimum Gasteiger partial charge on any atom is -0.382 e. The van der Waals surface area contributed by atoms with Gasteiger partial charge in [-0.15, -0.1) is 0 Å². The van der Waals surface area contributed by atoms with E-state index in [0.717, 1.165) is 43.7 Å². The van der Waals surface area contributed by atoms with Crippen molar-refractivity contribution in [2.75, 3.05) is 26.3 Å². The summed E-state index contributed by atoms with van der Waals surface area (Å²) in [4.78, 5) is 4.82. The lowest BCUT2D eigenvalue weighted by Gasteiger charge is -2.19. The first-order valence-electron chi connectivity index (χ1n) is 8.96. The van der Waals surface area contributed by atoms with Gasteiger partial charge in [-0.2, -0.15) is 0 Å². The lowest BCUT2D eigenvalue weighted by Crippen LogP contribution is -2.39. The zero-order valence-corrected chi connectivity index (χ0v) is 15.8. The average molecular weight is 352 g/mol. The van der Waals surface area contributed by atoms with E-state index in [9.17, 15) is 0 Å². The van der Waals surface area contributed by atoms with Gasteiger partial charge in [0, 0.05) is 31.3 Å². The third-order valence-corrected chi connectivity index (χ3v) is 4.83. The third kappa shape index (κ3) is 5.99. The molecule has 1 fully saturated rings. The molecule has 0 aromatic heterocycles. The number of hydrogen-bond acceptors (Lipinski definition) is 2. The number of hydrogen-bond donors (Lipinski definition) is 2. The summed E-state index contributed by atoms with van der Waals surface area (Å²) >= 11 is 5.96. The summed E-state index contributed by atoms with van der Waals surface area (Å²) < 4.78 is 5.51. The summed E-state index contributed by atoms with van der Waals surface area (Å²) in [6.07, 6.45) is 3.63. The molecule has 0 aliphatic heterocycles. The van der Waals surface area contributed by atoms with Gasteiger partial charge >= 0.3 is 0 Å². The van der Waals surface area contributed by atoms with Crippen LogP contribution in [-0.2, 0) is 4.74 Å². The molecule has 1 aromatic carbocycles. The highest BCUT2D eigenvalue weighted by Crippen LogP contribution is 2.49. The van der Waals surface area contributed by atoms with Crippen LogP contribution in [-0.4, -0.2) is 32.3 Å². The van der Waals surface area contributed by atoms with Crippen molar-refractivity contribution < 1.29 is 4.74 Å². The Morgan fingerprint density at radius 3 is 2.58 bits per heavy atom. The number of nitrogens with zero attached hydrogens (tertiary/aromatic N) is 1. The van der Waals surface area contributed by atoms with Crippen molar-refractivity contribution in [1.29, 1.82) is 0 Å². The molecule has 0 bridgehead atoms. The Labute approximate surface area is 151 Å². The van der Waals surface area contributed by atoms with Crippen molar-refractivity contribution in [2.45, 2.75) is 46.1 Å². The summed E-state index contributed by atoms with van der Waals surface area (Å²) in [5.41, 5.74) is 1.56. The zero-order chi connectivity index (χ0) is 17.4. The molecular formula is C19H30ClN3O. The zero-order valence-electron chi connectivity index (χ0n) is 15.1. The van der Waals surface area contributed by atoms with E-state index >= 15 is 0 Å². The molecule has 2 rings (SSSR count). The topological polar surface area (TPSA) is 45.7 Å². The van der Waals surface area contributed by atoms with E-state index in [1.54, 1.807) is 0 Å². The standard InChI is InChI=1S/C19H30ClN3O/c1-4-21-18(22-14-19(10-11-19)12-13-24-5-2)23-15(3)16-6-8-17(20)9-7-16/h6-9,15H,4-5,10-14H2,1-3H3,(H2,21,22,23). The Bertz CT molecular complexity index is 526. The van der Waals surface area contributed by atoms with Crippen LogP contribution in [0.4, 0.5) is 0 Å². The molecule has 2 N–H and O–H groups in total. The van der Waals surface area contributed by atoms with Crippen LogP contribution in [0.25, 0.3) is 0 Å². The van der Waals surface area contributed by atoms with Gasteiger partial charge < -0.3 is 15.4 Å². The van der Waals surface area contributed by atoms with E-state index in [-0.39, 0.29) is 6.04 Å². The molecule has 1 aliphatic carbocycles. The molecule has 1 atom stereocenters. The van der Waals surface area contributed by atoms with Crippen molar-refractivity contribution in [3.8, 4) is 0 Å². The average Bonchev–Trinajstić information content (AvgIpc) is 3.34. The van der Waals surface area contributed by atoms with Gasteiger partial charge in [0.1, 0.15) is 0 Å². The lowest BCUT2D eigenvalue weighted by atomic mass is 10.0. The van der Waals surface area contributed by atoms with E-state index in [4.69, 9.17) is 21.3 Å². The largest absolute Gasteiger partial charge is 0.382 e. The van der Waals surface area contributed by atoms with Crippen molar-refractivity contribution in [3.63, 3.8) is 0 Å². The summed E-state index contributed by atoms with van der Waals surface area (Å²) in [5, 5.41) is 7.59. The Morgan fingerprint density at radius 1 is 1.29 bits per heavy atom. The number of rotatable bonds is 9. The van der Waals surface area contributed by atoms with Gasteiger partial charge in [-0.25, -0.2) is 0 Å². The van der Waals surface area contributed by atoms with Crippen LogP contribution in [0, 0.1) is 5.41 Å². The van der Waals surface area contributed by atoms with E-state index in [1.165, 1.54) is 18.4 Å². The van der Waals surface area contributed by atoms with Gasteiger partial charge in [-0.3, -0.25) is 4.99 Å². The number of ether oxygens (including phenoxy) is 1. The Balaban J connectivity index is 1.91. The predicted octanol–water partition coefficient (Wildman–Crippen LogP) is 4.16. The number of benzene rings is 1. The molecule has 0 amide bonds. The summed E-state index contributed by atoms with van der Waals surface area (Å²) in [7, 11) is 0. The van der Waals surface area contributed by atoms with Crippen molar-refractivity contribution in [1.82, 2.24) is 10.6 Å². The van der Waals surface area contributed by atoms with Crippen LogP contribution >= 0.6 is 11.6 Å². The van der Waals surface area contributed by atoms with Crippen molar-refractivity contribution >= 4 is 17.6 Å². The van der Waals surface area contributed by atoms with Crippen molar-refractivity contribution in [2.24, 2.45) is 10.4 Å². The molecule has 134 valence electrons. The Hall–Kier alpha value is -1.26. The normalized spacial score (nSPS) is 17.4. The SMILES string of the molecule is CCNC(=NCC1(CCOCC)CC1)NC(C)c1ccc(Cl)cc1. The molecule has 0 saturated heterocycles. The summed E-state index contributed by atoms with van der Waals surface area (Å²) in [5.74, 6) is 0.877. The maximum Gasteiger partial charge on any atom is 0.191 e. The van der Waals surface area contributed by atoms with Crippen LogP contribution in [0.1, 0.15) is 51.6 Å². The van der Waals surface area contributed by atoms with E-state index in [2.05, 4.69) is 24.5 Å². The molecule has 24 heavy (non-hydrogen) atoms. The molecule has 0 heterocycles. The summed E-state index contributed by atoms with van der Waals surface area (Å²) in [6, 6.07) is 8.12. The first-order valence-corrected chi connectivity index (χ1v) is 9.34. The van der Waals surface area contributed by atoms with Gasteiger partial charge in [0.25, 0.3) is 0 Å². The van der Waals surface area contributed by atoms with Crippen LogP contribution in [0.2, 0.25) is 5.02 Å². The molecule has 0 spiro atoms. The molecule has 1 unspecified atom stereocenters. The van der Waals surface area contributed by atoms with Crippen LogP contribution < -0.4 is 10.6 Å². The van der Waals surface area contributed by atoms with Crippen molar-refractivity contribution in [3.05, 3.63) is 34.9 Å². The minimum atomic E-state index is 0.179. The molecule has 4 nitrogen and oxygen atoms in total. The first kappa shape index (κ1) is 19.1. The van der Waals surface area contributed by atoms with Crippen LogP contribution in [0.5, 0.6) is 0 Å².